The van der Waals surface area contributed by atoms with E-state index in [9.17, 15) is 47.9 Å². The van der Waals surface area contributed by atoms with Gasteiger partial charge in [-0.25, -0.2) is 28.8 Å². The fraction of sp³-hybridized carbons (Fsp3) is 0.472. The van der Waals surface area contributed by atoms with Gasteiger partial charge in [0.25, 0.3) is 5.91 Å². The van der Waals surface area contributed by atoms with Crippen molar-refractivity contribution in [1.29, 1.82) is 0 Å². The number of rotatable bonds is 27. The lowest BCUT2D eigenvalue weighted by atomic mass is 9.98. The van der Waals surface area contributed by atoms with Gasteiger partial charge in [0.05, 0.1) is 12.0 Å². The summed E-state index contributed by atoms with van der Waals surface area (Å²) >= 11 is 0. The zero-order chi connectivity index (χ0) is 54.1. The van der Waals surface area contributed by atoms with E-state index in [0.29, 0.717) is 51.3 Å². The SMILES string of the molecule is CCN(CC)CCCC(=O)c1c(C)[nH]c(/C=C2\C(=O)Nc3ccc(CC(=O)CCC(=O)O[C@@H](C)C(=O)O[C@@H](C)C(=O)O[C@@H](C)C(=O)O[C@@H](C)C(=O)O[C@@H](C)C(=O)O[C@@H](C)C(=O)OCc4ccccc4)cc32)c1C. The van der Waals surface area contributed by atoms with Crippen LogP contribution in [0, 0.1) is 13.8 Å². The largest absolute Gasteiger partial charge is 0.458 e. The number of ether oxygens (including phenoxy) is 7. The third-order valence-corrected chi connectivity index (χ3v) is 11.7. The summed E-state index contributed by atoms with van der Waals surface area (Å²) in [7, 11) is 0. The van der Waals surface area contributed by atoms with Crippen molar-refractivity contribution < 1.29 is 81.1 Å². The van der Waals surface area contributed by atoms with E-state index in [0.717, 1.165) is 52.4 Å². The van der Waals surface area contributed by atoms with Crippen LogP contribution in [0.1, 0.15) is 125 Å². The monoisotopic (exact) mass is 1020 g/mol. The van der Waals surface area contributed by atoms with Crippen LogP contribution in [-0.2, 0) is 89.3 Å². The Kier molecular flexibility index (Phi) is 21.8. The number of fused-ring (bicyclic) bond motifs is 1. The molecule has 6 atom stereocenters. The van der Waals surface area contributed by atoms with Crippen LogP contribution in [0.25, 0.3) is 11.6 Å². The Balaban J connectivity index is 1.18. The van der Waals surface area contributed by atoms with Crippen molar-refractivity contribution in [3.05, 3.63) is 87.7 Å². The van der Waals surface area contributed by atoms with Gasteiger partial charge in [0.15, 0.2) is 42.4 Å². The molecule has 73 heavy (non-hydrogen) atoms. The molecule has 4 rings (SSSR count). The number of benzene rings is 2. The van der Waals surface area contributed by atoms with Gasteiger partial charge in [-0.3, -0.25) is 19.2 Å². The molecule has 1 amide bonds. The molecule has 2 aromatic carbocycles. The number of nitrogens with one attached hydrogen (secondary N) is 2. The highest BCUT2D eigenvalue weighted by Gasteiger charge is 2.33. The Morgan fingerprint density at radius 1 is 0.616 bits per heavy atom. The fourth-order valence-corrected chi connectivity index (χ4v) is 7.40. The summed E-state index contributed by atoms with van der Waals surface area (Å²) in [5, 5.41) is 2.83. The highest BCUT2D eigenvalue weighted by molar-refractivity contribution is 6.35. The highest BCUT2D eigenvalue weighted by atomic mass is 16.7. The number of nitrogens with zero attached hydrogens (tertiary/aromatic N) is 1. The smallest absolute Gasteiger partial charge is 0.347 e. The van der Waals surface area contributed by atoms with Gasteiger partial charge in [0, 0.05) is 47.5 Å². The van der Waals surface area contributed by atoms with Crippen molar-refractivity contribution in [2.75, 3.05) is 25.0 Å². The molecule has 0 radical (unpaired) electrons. The van der Waals surface area contributed by atoms with Gasteiger partial charge in [-0.2, -0.15) is 0 Å². The summed E-state index contributed by atoms with van der Waals surface area (Å²) < 4.78 is 35.4. The minimum Gasteiger partial charge on any atom is -0.458 e. The molecule has 20 heteroatoms. The van der Waals surface area contributed by atoms with Crippen molar-refractivity contribution in [2.45, 2.75) is 145 Å². The zero-order valence-corrected chi connectivity index (χ0v) is 42.9. The van der Waals surface area contributed by atoms with E-state index in [1.807, 2.05) is 13.8 Å². The third-order valence-electron chi connectivity index (χ3n) is 11.7. The lowest BCUT2D eigenvalue weighted by Gasteiger charge is -2.20. The minimum atomic E-state index is -1.61. The van der Waals surface area contributed by atoms with Crippen LogP contribution < -0.4 is 5.32 Å². The molecule has 0 bridgehead atoms. The van der Waals surface area contributed by atoms with E-state index in [1.54, 1.807) is 54.6 Å². The van der Waals surface area contributed by atoms with Gasteiger partial charge < -0.3 is 48.4 Å². The molecule has 0 spiro atoms. The van der Waals surface area contributed by atoms with E-state index < -0.39 is 78.4 Å². The summed E-state index contributed by atoms with van der Waals surface area (Å²) in [6.07, 6.45) is -7.02. The first-order valence-electron chi connectivity index (χ1n) is 24.1. The summed E-state index contributed by atoms with van der Waals surface area (Å²) in [5.41, 5.74) is 5.45. The predicted molar refractivity (Wildman–Crippen MR) is 262 cm³/mol. The number of amides is 1. The topological polar surface area (TPSA) is 266 Å². The number of H-pyrrole nitrogens is 1. The molecule has 1 aliphatic rings. The molecule has 0 saturated heterocycles. The minimum absolute atomic E-state index is 0.0292. The molecular formula is C53H65N3O17. The van der Waals surface area contributed by atoms with Gasteiger partial charge in [-0.1, -0.05) is 50.2 Å². The van der Waals surface area contributed by atoms with E-state index in [2.05, 4.69) is 29.0 Å². The first kappa shape index (κ1) is 58.1. The first-order valence-corrected chi connectivity index (χ1v) is 24.1. The summed E-state index contributed by atoms with van der Waals surface area (Å²) in [6, 6.07) is 13.9. The van der Waals surface area contributed by atoms with Crippen LogP contribution in [0.2, 0.25) is 0 Å². The van der Waals surface area contributed by atoms with E-state index in [4.69, 9.17) is 33.2 Å². The second kappa shape index (κ2) is 27.4. The van der Waals surface area contributed by atoms with Gasteiger partial charge in [0.1, 0.15) is 12.4 Å². The number of ketones is 2. The van der Waals surface area contributed by atoms with Gasteiger partial charge in [-0.15, -0.1) is 0 Å². The standard InChI is InChI=1S/C53H65N3O17/c1-11-56(12-2)24-16-19-44(58)46-29(3)43(54-30(46)4)27-41-40-26-38(20-22-42(40)55-47(41)60)25-39(57)21-23-45(59)68-32(6)49(62)70-34(8)51(64)72-36(10)53(66)73-35(9)52(65)71-33(7)50(63)69-31(5)48(61)67-28-37-17-14-13-15-18-37/h13-15,17-18,20,22,26-27,31-36,54H,11-12,16,19,21,23-25,28H2,1-10H3,(H,55,60)/b41-27-/t31-,32-,33-,34-,35-,36-/m0/s1. The quantitative estimate of drug-likeness (QED) is 0.0404. The molecule has 20 nitrogen and oxygen atoms in total. The Morgan fingerprint density at radius 2 is 1.12 bits per heavy atom. The number of Topliss-reactive ketones (excluding diaryl/α,β-unsaturated/α-hetero) is 2. The summed E-state index contributed by atoms with van der Waals surface area (Å²) in [5.74, 6) is -8.13. The Labute approximate surface area is 423 Å². The van der Waals surface area contributed by atoms with Crippen LogP contribution in [0.4, 0.5) is 5.69 Å². The lowest BCUT2D eigenvalue weighted by Crippen LogP contribution is -2.39. The number of carbonyl (C=O) groups excluding carboxylic acids is 10. The number of aryl methyl sites for hydroxylation is 1. The molecule has 394 valence electrons. The van der Waals surface area contributed by atoms with Crippen molar-refractivity contribution in [3.8, 4) is 0 Å². The van der Waals surface area contributed by atoms with Crippen molar-refractivity contribution in [3.63, 3.8) is 0 Å². The second-order valence-corrected chi connectivity index (χ2v) is 17.4. The van der Waals surface area contributed by atoms with Gasteiger partial charge >= 0.3 is 41.8 Å². The number of hydrogen-bond donors (Lipinski definition) is 2. The molecule has 2 N–H and O–H groups in total. The molecule has 1 aromatic heterocycles. The Bertz CT molecular complexity index is 2560. The van der Waals surface area contributed by atoms with Crippen LogP contribution in [0.5, 0.6) is 0 Å². The number of aromatic nitrogens is 1. The van der Waals surface area contributed by atoms with Crippen molar-refractivity contribution >= 4 is 76.6 Å². The second-order valence-electron chi connectivity index (χ2n) is 17.4. The van der Waals surface area contributed by atoms with E-state index in [-0.39, 0.29) is 43.3 Å². The average molecular weight is 1020 g/mol. The molecule has 2 heterocycles. The molecule has 0 fully saturated rings. The number of carbonyl (C=O) groups is 10. The molecular weight excluding hydrogens is 951 g/mol. The predicted octanol–water partition coefficient (Wildman–Crippen LogP) is 5.65. The molecule has 3 aromatic rings. The van der Waals surface area contributed by atoms with Crippen LogP contribution in [-0.4, -0.2) is 125 Å². The maximum Gasteiger partial charge on any atom is 0.347 e. The Hall–Kier alpha value is -7.48. The van der Waals surface area contributed by atoms with Crippen molar-refractivity contribution in [2.24, 2.45) is 0 Å². The van der Waals surface area contributed by atoms with Crippen LogP contribution in [0.15, 0.2) is 48.5 Å². The zero-order valence-electron chi connectivity index (χ0n) is 42.9. The molecule has 0 unspecified atom stereocenters. The van der Waals surface area contributed by atoms with E-state index in [1.165, 1.54) is 20.8 Å². The van der Waals surface area contributed by atoms with Crippen LogP contribution >= 0.6 is 0 Å². The summed E-state index contributed by atoms with van der Waals surface area (Å²) in [6.45, 7) is 17.5. The number of esters is 7. The van der Waals surface area contributed by atoms with Gasteiger partial charge in [-0.05, 0) is 116 Å². The Morgan fingerprint density at radius 3 is 1.64 bits per heavy atom. The summed E-state index contributed by atoms with van der Waals surface area (Å²) in [4.78, 5) is 133. The number of hydrogen-bond acceptors (Lipinski definition) is 18. The van der Waals surface area contributed by atoms with E-state index >= 15 is 0 Å². The highest BCUT2D eigenvalue weighted by Crippen LogP contribution is 2.35. The lowest BCUT2D eigenvalue weighted by molar-refractivity contribution is -0.188. The third kappa shape index (κ3) is 17.1. The molecule has 1 aliphatic heterocycles. The average Bonchev–Trinajstić information content (AvgIpc) is 3.82. The van der Waals surface area contributed by atoms with Crippen molar-refractivity contribution in [1.82, 2.24) is 9.88 Å². The number of anilines is 1. The maximum atomic E-state index is 13.2. The van der Waals surface area contributed by atoms with Gasteiger partial charge in [0.2, 0.25) is 0 Å². The molecule has 0 saturated carbocycles. The number of aromatic amines is 1. The fourth-order valence-electron chi connectivity index (χ4n) is 7.40. The molecule has 0 aliphatic carbocycles. The normalized spacial score (nSPS) is 14.8. The first-order chi connectivity index (χ1) is 34.5. The maximum absolute atomic E-state index is 13.2. The van der Waals surface area contributed by atoms with Crippen LogP contribution in [0.3, 0.4) is 0 Å².